The summed E-state index contributed by atoms with van der Waals surface area (Å²) in [7, 11) is 0. The number of amides is 1. The first kappa shape index (κ1) is 20.1. The number of rotatable bonds is 7. The van der Waals surface area contributed by atoms with Gasteiger partial charge in [-0.2, -0.15) is 0 Å². The van der Waals surface area contributed by atoms with Gasteiger partial charge in [-0.05, 0) is 54.8 Å². The van der Waals surface area contributed by atoms with E-state index in [1.54, 1.807) is 42.5 Å². The Morgan fingerprint density at radius 3 is 2.41 bits per heavy atom. The van der Waals surface area contributed by atoms with E-state index in [9.17, 15) is 14.7 Å². The first-order valence-corrected chi connectivity index (χ1v) is 9.47. The molecule has 0 aliphatic rings. The van der Waals surface area contributed by atoms with Crippen molar-refractivity contribution < 1.29 is 14.7 Å². The second kappa shape index (κ2) is 9.51. The van der Waals surface area contributed by atoms with Crippen LogP contribution in [0.15, 0.2) is 78.9 Å². The van der Waals surface area contributed by atoms with E-state index in [4.69, 9.17) is 0 Å². The topological polar surface area (TPSA) is 66.4 Å². The van der Waals surface area contributed by atoms with Gasteiger partial charge in [0.15, 0.2) is 5.78 Å². The van der Waals surface area contributed by atoms with Crippen molar-refractivity contribution in [3.63, 3.8) is 0 Å². The molecule has 4 heteroatoms. The van der Waals surface area contributed by atoms with Gasteiger partial charge in [0.1, 0.15) is 5.75 Å². The standard InChI is InChI=1S/C25H23NO3/c1-18-7-13-23(27)22(17-18)24(28)14-10-20-8-11-21(12-9-20)25(29)26-16-15-19-5-3-2-4-6-19/h2-14,17,27H,15-16H2,1H3,(H,26,29)/b14-10+. The van der Waals surface area contributed by atoms with E-state index in [1.807, 2.05) is 37.3 Å². The molecule has 0 atom stereocenters. The fraction of sp³-hybridized carbons (Fsp3) is 0.120. The van der Waals surface area contributed by atoms with Crippen LogP contribution in [0, 0.1) is 6.92 Å². The zero-order chi connectivity index (χ0) is 20.6. The molecule has 0 unspecified atom stereocenters. The molecular weight excluding hydrogens is 362 g/mol. The summed E-state index contributed by atoms with van der Waals surface area (Å²) in [5.74, 6) is -0.432. The van der Waals surface area contributed by atoms with E-state index >= 15 is 0 Å². The summed E-state index contributed by atoms with van der Waals surface area (Å²) in [5, 5.41) is 12.8. The van der Waals surface area contributed by atoms with Gasteiger partial charge in [-0.25, -0.2) is 0 Å². The molecule has 0 aliphatic carbocycles. The molecule has 0 saturated heterocycles. The Bertz CT molecular complexity index is 1020. The van der Waals surface area contributed by atoms with Crippen molar-refractivity contribution >= 4 is 17.8 Å². The van der Waals surface area contributed by atoms with E-state index < -0.39 is 0 Å². The average molecular weight is 385 g/mol. The van der Waals surface area contributed by atoms with Crippen LogP contribution in [0.2, 0.25) is 0 Å². The number of carbonyl (C=O) groups excluding carboxylic acids is 2. The number of ketones is 1. The van der Waals surface area contributed by atoms with Crippen LogP contribution in [0.1, 0.15) is 37.4 Å². The molecule has 0 fully saturated rings. The van der Waals surface area contributed by atoms with Crippen LogP contribution in [-0.4, -0.2) is 23.3 Å². The highest BCUT2D eigenvalue weighted by Gasteiger charge is 2.08. The highest BCUT2D eigenvalue weighted by molar-refractivity contribution is 6.08. The van der Waals surface area contributed by atoms with Gasteiger partial charge in [0.25, 0.3) is 5.91 Å². The lowest BCUT2D eigenvalue weighted by molar-refractivity contribution is 0.0953. The number of benzene rings is 3. The molecule has 3 rings (SSSR count). The van der Waals surface area contributed by atoms with Gasteiger partial charge in [-0.3, -0.25) is 9.59 Å². The zero-order valence-electron chi connectivity index (χ0n) is 16.3. The number of aromatic hydroxyl groups is 1. The van der Waals surface area contributed by atoms with Crippen LogP contribution in [0.3, 0.4) is 0 Å². The van der Waals surface area contributed by atoms with Crippen LogP contribution in [0.4, 0.5) is 0 Å². The molecule has 0 aromatic heterocycles. The Labute approximate surface area is 170 Å². The van der Waals surface area contributed by atoms with Gasteiger partial charge in [0.05, 0.1) is 5.56 Å². The minimum atomic E-state index is -0.270. The van der Waals surface area contributed by atoms with Crippen molar-refractivity contribution in [2.45, 2.75) is 13.3 Å². The number of phenolic OH excluding ortho intramolecular Hbond substituents is 1. The summed E-state index contributed by atoms with van der Waals surface area (Å²) >= 11 is 0. The van der Waals surface area contributed by atoms with Crippen LogP contribution >= 0.6 is 0 Å². The maximum absolute atomic E-state index is 12.3. The monoisotopic (exact) mass is 385 g/mol. The SMILES string of the molecule is Cc1ccc(O)c(C(=O)/C=C/c2ccc(C(=O)NCCc3ccccc3)cc2)c1. The first-order valence-electron chi connectivity index (χ1n) is 9.47. The highest BCUT2D eigenvalue weighted by atomic mass is 16.3. The molecular formula is C25H23NO3. The van der Waals surface area contributed by atoms with Gasteiger partial charge >= 0.3 is 0 Å². The van der Waals surface area contributed by atoms with Gasteiger partial charge < -0.3 is 10.4 Å². The van der Waals surface area contributed by atoms with Crippen LogP contribution < -0.4 is 5.32 Å². The van der Waals surface area contributed by atoms with Crippen LogP contribution in [0.5, 0.6) is 5.75 Å². The predicted octanol–water partition coefficient (Wildman–Crippen LogP) is 4.57. The fourth-order valence-corrected chi connectivity index (χ4v) is 2.92. The molecule has 0 bridgehead atoms. The Morgan fingerprint density at radius 2 is 1.69 bits per heavy atom. The summed E-state index contributed by atoms with van der Waals surface area (Å²) in [4.78, 5) is 24.5. The molecule has 3 aromatic rings. The lowest BCUT2D eigenvalue weighted by atomic mass is 10.0. The number of nitrogens with one attached hydrogen (secondary N) is 1. The molecule has 0 spiro atoms. The molecule has 146 valence electrons. The zero-order valence-corrected chi connectivity index (χ0v) is 16.3. The van der Waals surface area contributed by atoms with Crippen LogP contribution in [0.25, 0.3) is 6.08 Å². The Morgan fingerprint density at radius 1 is 0.966 bits per heavy atom. The molecule has 1 amide bonds. The van der Waals surface area contributed by atoms with E-state index in [0.29, 0.717) is 12.1 Å². The van der Waals surface area contributed by atoms with Crippen LogP contribution in [-0.2, 0) is 6.42 Å². The number of phenols is 1. The third-order valence-corrected chi connectivity index (χ3v) is 4.56. The van der Waals surface area contributed by atoms with Gasteiger partial charge in [-0.15, -0.1) is 0 Å². The minimum absolute atomic E-state index is 0.0345. The lowest BCUT2D eigenvalue weighted by Crippen LogP contribution is -2.25. The fourth-order valence-electron chi connectivity index (χ4n) is 2.92. The van der Waals surface area contributed by atoms with E-state index in [1.165, 1.54) is 17.7 Å². The quantitative estimate of drug-likeness (QED) is 0.462. The van der Waals surface area contributed by atoms with Crippen molar-refractivity contribution in [2.75, 3.05) is 6.54 Å². The van der Waals surface area contributed by atoms with E-state index in [0.717, 1.165) is 17.5 Å². The molecule has 3 aromatic carbocycles. The number of carbonyl (C=O) groups is 2. The average Bonchev–Trinajstić information content (AvgIpc) is 2.74. The maximum Gasteiger partial charge on any atom is 0.251 e. The van der Waals surface area contributed by atoms with Crippen molar-refractivity contribution in [2.24, 2.45) is 0 Å². The van der Waals surface area contributed by atoms with E-state index in [2.05, 4.69) is 5.32 Å². The summed E-state index contributed by atoms with van der Waals surface area (Å²) < 4.78 is 0. The van der Waals surface area contributed by atoms with Crippen molar-refractivity contribution in [3.05, 3.63) is 107 Å². The van der Waals surface area contributed by atoms with Crippen molar-refractivity contribution in [1.82, 2.24) is 5.32 Å². The molecule has 0 aliphatic heterocycles. The summed E-state index contributed by atoms with van der Waals surface area (Å²) in [5.41, 5.74) is 3.72. The number of aryl methyl sites for hydroxylation is 1. The second-order valence-corrected chi connectivity index (χ2v) is 6.83. The molecule has 0 saturated carbocycles. The van der Waals surface area contributed by atoms with Gasteiger partial charge in [-0.1, -0.05) is 60.2 Å². The molecule has 0 heterocycles. The van der Waals surface area contributed by atoms with Crippen molar-refractivity contribution in [3.8, 4) is 5.75 Å². The smallest absolute Gasteiger partial charge is 0.251 e. The number of allylic oxidation sites excluding steroid dienone is 1. The summed E-state index contributed by atoms with van der Waals surface area (Å²) in [6.07, 6.45) is 3.87. The predicted molar refractivity (Wildman–Crippen MR) is 115 cm³/mol. The van der Waals surface area contributed by atoms with Crippen molar-refractivity contribution in [1.29, 1.82) is 0 Å². The Kier molecular flexibility index (Phi) is 6.59. The third-order valence-electron chi connectivity index (χ3n) is 4.56. The Balaban J connectivity index is 1.56. The third kappa shape index (κ3) is 5.66. The summed E-state index contributed by atoms with van der Waals surface area (Å²) in [6, 6.07) is 21.9. The first-order chi connectivity index (χ1) is 14.0. The molecule has 29 heavy (non-hydrogen) atoms. The van der Waals surface area contributed by atoms with Gasteiger partial charge in [0, 0.05) is 12.1 Å². The van der Waals surface area contributed by atoms with E-state index in [-0.39, 0.29) is 23.0 Å². The molecule has 4 nitrogen and oxygen atoms in total. The maximum atomic E-state index is 12.3. The highest BCUT2D eigenvalue weighted by Crippen LogP contribution is 2.19. The normalized spacial score (nSPS) is 10.8. The molecule has 2 N–H and O–H groups in total. The van der Waals surface area contributed by atoms with Gasteiger partial charge in [0.2, 0.25) is 0 Å². The second-order valence-electron chi connectivity index (χ2n) is 6.83. The largest absolute Gasteiger partial charge is 0.507 e. The Hall–Kier alpha value is -3.66. The lowest BCUT2D eigenvalue weighted by Gasteiger charge is -2.06. The molecule has 0 radical (unpaired) electrons. The summed E-state index contributed by atoms with van der Waals surface area (Å²) in [6.45, 7) is 2.43. The minimum Gasteiger partial charge on any atom is -0.507 e. The number of hydrogen-bond donors (Lipinski definition) is 2. The number of hydrogen-bond acceptors (Lipinski definition) is 3.